The number of rotatable bonds is 3. The van der Waals surface area contributed by atoms with Crippen molar-refractivity contribution in [1.29, 1.82) is 0 Å². The Kier molecular flexibility index (Phi) is 2.08. The number of aliphatic hydroxyl groups is 1. The minimum atomic E-state index is -0.686. The summed E-state index contributed by atoms with van der Waals surface area (Å²) < 4.78 is 4.05. The third-order valence-electron chi connectivity index (χ3n) is 1.91. The van der Waals surface area contributed by atoms with Gasteiger partial charge in [0.25, 0.3) is 0 Å². The second-order valence-corrected chi connectivity index (χ2v) is 3.80. The predicted octanol–water partition coefficient (Wildman–Crippen LogP) is 0.408. The van der Waals surface area contributed by atoms with Gasteiger partial charge in [0, 0.05) is 12.5 Å². The number of hydrogen-bond donors (Lipinski definition) is 2. The number of aliphatic hydroxyl groups excluding tert-OH is 1. The molecule has 4 nitrogen and oxygen atoms in total. The number of nitrogens with two attached hydrogens (primary N) is 1. The number of aromatic nitrogens is 2. The standard InChI is InChI=1S/C7H11N3OS/c8-3-5(11)6-9-7(12-10-6)4-1-2-4/h4-5,11H,1-3,8H2. The topological polar surface area (TPSA) is 72.0 Å². The van der Waals surface area contributed by atoms with Gasteiger partial charge in [-0.25, -0.2) is 4.98 Å². The van der Waals surface area contributed by atoms with Gasteiger partial charge in [0.05, 0.1) is 0 Å². The van der Waals surface area contributed by atoms with E-state index >= 15 is 0 Å². The Morgan fingerprint density at radius 2 is 2.42 bits per heavy atom. The molecule has 1 fully saturated rings. The SMILES string of the molecule is NCC(O)c1nsc(C2CC2)n1. The molecule has 1 aliphatic rings. The third kappa shape index (κ3) is 1.48. The molecule has 0 radical (unpaired) electrons. The second-order valence-electron chi connectivity index (χ2n) is 3.02. The van der Waals surface area contributed by atoms with E-state index in [4.69, 9.17) is 5.73 Å². The van der Waals surface area contributed by atoms with Crippen molar-refractivity contribution < 1.29 is 5.11 Å². The number of nitrogens with zero attached hydrogens (tertiary/aromatic N) is 2. The molecule has 0 saturated heterocycles. The van der Waals surface area contributed by atoms with Gasteiger partial charge in [0.15, 0.2) is 5.82 Å². The zero-order chi connectivity index (χ0) is 8.55. The molecular formula is C7H11N3OS. The van der Waals surface area contributed by atoms with Crippen LogP contribution in [0.15, 0.2) is 0 Å². The van der Waals surface area contributed by atoms with Crippen LogP contribution in [0.2, 0.25) is 0 Å². The molecule has 66 valence electrons. The van der Waals surface area contributed by atoms with Crippen molar-refractivity contribution in [3.63, 3.8) is 0 Å². The van der Waals surface area contributed by atoms with Crippen molar-refractivity contribution in [2.45, 2.75) is 24.9 Å². The van der Waals surface area contributed by atoms with E-state index in [9.17, 15) is 5.11 Å². The van der Waals surface area contributed by atoms with Crippen LogP contribution in [0.1, 0.15) is 35.7 Å². The van der Waals surface area contributed by atoms with Crippen LogP contribution in [-0.4, -0.2) is 21.0 Å². The van der Waals surface area contributed by atoms with Crippen LogP contribution in [0.25, 0.3) is 0 Å². The molecule has 1 aromatic heterocycles. The van der Waals surface area contributed by atoms with E-state index < -0.39 is 6.10 Å². The minimum absolute atomic E-state index is 0.195. The molecule has 1 heterocycles. The fourth-order valence-corrected chi connectivity index (χ4v) is 1.85. The Morgan fingerprint density at radius 1 is 1.67 bits per heavy atom. The van der Waals surface area contributed by atoms with Crippen LogP contribution in [0, 0.1) is 0 Å². The van der Waals surface area contributed by atoms with Crippen molar-refractivity contribution >= 4 is 11.5 Å². The fraction of sp³-hybridized carbons (Fsp3) is 0.714. The Balaban J connectivity index is 2.12. The first-order chi connectivity index (χ1) is 5.81. The summed E-state index contributed by atoms with van der Waals surface area (Å²) in [6.45, 7) is 0.195. The molecule has 1 atom stereocenters. The van der Waals surface area contributed by atoms with E-state index in [1.165, 1.54) is 24.4 Å². The molecule has 0 spiro atoms. The lowest BCUT2D eigenvalue weighted by atomic mass is 10.3. The molecule has 1 unspecified atom stereocenters. The van der Waals surface area contributed by atoms with E-state index in [1.54, 1.807) is 0 Å². The van der Waals surface area contributed by atoms with Crippen molar-refractivity contribution in [3.05, 3.63) is 10.8 Å². The van der Waals surface area contributed by atoms with E-state index in [1.807, 2.05) is 0 Å². The van der Waals surface area contributed by atoms with Crippen LogP contribution in [0.4, 0.5) is 0 Å². The highest BCUT2D eigenvalue weighted by molar-refractivity contribution is 7.05. The van der Waals surface area contributed by atoms with E-state index in [0.717, 1.165) is 5.01 Å². The molecule has 5 heteroatoms. The largest absolute Gasteiger partial charge is 0.384 e. The molecule has 1 aliphatic carbocycles. The first-order valence-corrected chi connectivity index (χ1v) is 4.80. The maximum atomic E-state index is 9.30. The summed E-state index contributed by atoms with van der Waals surface area (Å²) in [6.07, 6.45) is 1.74. The molecule has 1 aromatic rings. The van der Waals surface area contributed by atoms with Gasteiger partial charge >= 0.3 is 0 Å². The van der Waals surface area contributed by atoms with Crippen molar-refractivity contribution in [2.24, 2.45) is 5.73 Å². The summed E-state index contributed by atoms with van der Waals surface area (Å²) in [4.78, 5) is 4.22. The van der Waals surface area contributed by atoms with E-state index in [-0.39, 0.29) is 6.54 Å². The van der Waals surface area contributed by atoms with E-state index in [0.29, 0.717) is 11.7 Å². The molecule has 2 rings (SSSR count). The van der Waals surface area contributed by atoms with Gasteiger partial charge in [-0.3, -0.25) is 0 Å². The normalized spacial score (nSPS) is 19.5. The summed E-state index contributed by atoms with van der Waals surface area (Å²) in [7, 11) is 0. The zero-order valence-corrected chi connectivity index (χ0v) is 7.42. The lowest BCUT2D eigenvalue weighted by Gasteiger charge is -1.99. The molecule has 3 N–H and O–H groups in total. The van der Waals surface area contributed by atoms with Crippen LogP contribution in [-0.2, 0) is 0 Å². The Morgan fingerprint density at radius 3 is 3.00 bits per heavy atom. The molecule has 0 aromatic carbocycles. The van der Waals surface area contributed by atoms with E-state index in [2.05, 4.69) is 9.36 Å². The Labute approximate surface area is 74.6 Å². The lowest BCUT2D eigenvalue weighted by Crippen LogP contribution is -2.12. The highest BCUT2D eigenvalue weighted by atomic mass is 32.1. The van der Waals surface area contributed by atoms with Crippen molar-refractivity contribution in [1.82, 2.24) is 9.36 Å². The quantitative estimate of drug-likeness (QED) is 0.715. The summed E-state index contributed by atoms with van der Waals surface area (Å²) in [5.41, 5.74) is 5.28. The average Bonchev–Trinajstić information content (AvgIpc) is 2.83. The highest BCUT2D eigenvalue weighted by Gasteiger charge is 2.28. The molecular weight excluding hydrogens is 174 g/mol. The third-order valence-corrected chi connectivity index (χ3v) is 2.80. The maximum absolute atomic E-state index is 9.30. The second kappa shape index (κ2) is 3.08. The molecule has 0 aliphatic heterocycles. The Bertz CT molecular complexity index is 271. The van der Waals surface area contributed by atoms with Gasteiger partial charge in [-0.2, -0.15) is 4.37 Å². The highest BCUT2D eigenvalue weighted by Crippen LogP contribution is 2.40. The van der Waals surface area contributed by atoms with Crippen LogP contribution < -0.4 is 5.73 Å². The van der Waals surface area contributed by atoms with Gasteiger partial charge in [-0.05, 0) is 24.4 Å². The van der Waals surface area contributed by atoms with Gasteiger partial charge in [0.2, 0.25) is 0 Å². The number of hydrogen-bond acceptors (Lipinski definition) is 5. The summed E-state index contributed by atoms with van der Waals surface area (Å²) in [5, 5.41) is 10.4. The fourth-order valence-electron chi connectivity index (χ4n) is 0.984. The summed E-state index contributed by atoms with van der Waals surface area (Å²) in [6, 6.07) is 0. The first-order valence-electron chi connectivity index (χ1n) is 4.03. The van der Waals surface area contributed by atoms with Gasteiger partial charge in [0.1, 0.15) is 11.1 Å². The zero-order valence-electron chi connectivity index (χ0n) is 6.60. The molecule has 12 heavy (non-hydrogen) atoms. The predicted molar refractivity (Wildman–Crippen MR) is 45.9 cm³/mol. The van der Waals surface area contributed by atoms with Crippen LogP contribution in [0.3, 0.4) is 0 Å². The average molecular weight is 185 g/mol. The van der Waals surface area contributed by atoms with Crippen LogP contribution in [0.5, 0.6) is 0 Å². The molecule has 0 amide bonds. The summed E-state index contributed by atoms with van der Waals surface area (Å²) in [5.74, 6) is 1.10. The lowest BCUT2D eigenvalue weighted by molar-refractivity contribution is 0.178. The molecule has 0 bridgehead atoms. The maximum Gasteiger partial charge on any atom is 0.172 e. The van der Waals surface area contributed by atoms with Gasteiger partial charge in [-0.15, -0.1) is 0 Å². The minimum Gasteiger partial charge on any atom is -0.384 e. The molecule has 1 saturated carbocycles. The van der Waals surface area contributed by atoms with Gasteiger partial charge < -0.3 is 10.8 Å². The van der Waals surface area contributed by atoms with Crippen molar-refractivity contribution in [2.75, 3.05) is 6.54 Å². The van der Waals surface area contributed by atoms with Crippen LogP contribution >= 0.6 is 11.5 Å². The monoisotopic (exact) mass is 185 g/mol. The smallest absolute Gasteiger partial charge is 0.172 e. The van der Waals surface area contributed by atoms with Gasteiger partial charge in [-0.1, -0.05) is 0 Å². The summed E-state index contributed by atoms with van der Waals surface area (Å²) >= 11 is 1.39. The Hall–Kier alpha value is -0.520. The first kappa shape index (κ1) is 8.10. The van der Waals surface area contributed by atoms with Crippen molar-refractivity contribution in [3.8, 4) is 0 Å².